The second kappa shape index (κ2) is 2.93. The van der Waals surface area contributed by atoms with E-state index in [1.54, 1.807) is 6.08 Å². The molecule has 0 saturated carbocycles. The van der Waals surface area contributed by atoms with Gasteiger partial charge in [-0.25, -0.2) is 0 Å². The Hall–Kier alpha value is -1.63. The molecular weight excluding hydrogens is 184 g/mol. The minimum Gasteiger partial charge on any atom is -0.294 e. The van der Waals surface area contributed by atoms with Crippen LogP contribution in [0.15, 0.2) is 42.5 Å². The monoisotopic (exact) mass is 196 g/mol. The first-order valence-electron chi connectivity index (χ1n) is 5.26. The van der Waals surface area contributed by atoms with Gasteiger partial charge in [0.15, 0.2) is 5.78 Å². The van der Waals surface area contributed by atoms with E-state index in [1.165, 1.54) is 16.7 Å². The van der Waals surface area contributed by atoms with Gasteiger partial charge in [0.25, 0.3) is 0 Å². The summed E-state index contributed by atoms with van der Waals surface area (Å²) in [5, 5.41) is 0. The maximum atomic E-state index is 11.8. The molecule has 15 heavy (non-hydrogen) atoms. The lowest BCUT2D eigenvalue weighted by Crippen LogP contribution is -2.11. The Labute approximate surface area is 89.1 Å². The normalized spacial score (nSPS) is 26.6. The topological polar surface area (TPSA) is 17.1 Å². The molecule has 0 N–H and O–H groups in total. The van der Waals surface area contributed by atoms with Crippen LogP contribution in [0.2, 0.25) is 0 Å². The first-order valence-corrected chi connectivity index (χ1v) is 5.26. The van der Waals surface area contributed by atoms with Crippen LogP contribution in [0.3, 0.4) is 0 Å². The van der Waals surface area contributed by atoms with E-state index in [0.29, 0.717) is 5.92 Å². The van der Waals surface area contributed by atoms with E-state index in [-0.39, 0.29) is 11.7 Å². The third-order valence-corrected chi connectivity index (χ3v) is 3.22. The minimum atomic E-state index is -0.0464. The highest BCUT2D eigenvalue weighted by Gasteiger charge is 2.28. The number of carbonyl (C=O) groups excluding carboxylic acids is 1. The van der Waals surface area contributed by atoms with Gasteiger partial charge in [-0.1, -0.05) is 42.0 Å². The molecule has 0 fully saturated rings. The van der Waals surface area contributed by atoms with Gasteiger partial charge in [-0.2, -0.15) is 0 Å². The molecule has 0 heterocycles. The van der Waals surface area contributed by atoms with Gasteiger partial charge in [-0.15, -0.1) is 0 Å². The van der Waals surface area contributed by atoms with Crippen LogP contribution < -0.4 is 0 Å². The number of aryl methyl sites for hydroxylation is 1. The molecular formula is C14H12O. The lowest BCUT2D eigenvalue weighted by Gasteiger charge is -2.21. The highest BCUT2D eigenvalue weighted by Crippen LogP contribution is 2.38. The molecule has 3 aliphatic carbocycles. The van der Waals surface area contributed by atoms with Crippen molar-refractivity contribution in [2.24, 2.45) is 0 Å². The average molecular weight is 196 g/mol. The summed E-state index contributed by atoms with van der Waals surface area (Å²) in [5.74, 6) is 0.455. The molecule has 74 valence electrons. The Kier molecular flexibility index (Phi) is 1.69. The van der Waals surface area contributed by atoms with Crippen molar-refractivity contribution in [1.82, 2.24) is 0 Å². The molecule has 4 rings (SSSR count). The van der Waals surface area contributed by atoms with Crippen molar-refractivity contribution >= 4 is 5.78 Å². The van der Waals surface area contributed by atoms with Gasteiger partial charge < -0.3 is 0 Å². The Balaban J connectivity index is 2.28. The van der Waals surface area contributed by atoms with Crippen molar-refractivity contribution in [3.63, 3.8) is 0 Å². The van der Waals surface area contributed by atoms with Crippen LogP contribution in [-0.2, 0) is 4.79 Å². The van der Waals surface area contributed by atoms with Crippen LogP contribution in [0.5, 0.6) is 0 Å². The maximum absolute atomic E-state index is 11.8. The fourth-order valence-corrected chi connectivity index (χ4v) is 2.42. The second-order valence-electron chi connectivity index (χ2n) is 4.28. The summed E-state index contributed by atoms with van der Waals surface area (Å²) in [7, 11) is 0. The fraction of sp³-hybridized carbons (Fsp3) is 0.214. The van der Waals surface area contributed by atoms with Gasteiger partial charge in [0.2, 0.25) is 0 Å². The van der Waals surface area contributed by atoms with E-state index in [2.05, 4.69) is 31.2 Å². The van der Waals surface area contributed by atoms with Crippen molar-refractivity contribution in [2.75, 3.05) is 0 Å². The molecule has 0 aromatic heterocycles. The molecule has 0 saturated heterocycles. The Bertz CT molecular complexity index is 494. The lowest BCUT2D eigenvalue weighted by molar-refractivity contribution is -0.115. The van der Waals surface area contributed by atoms with Gasteiger partial charge in [-0.05, 0) is 24.1 Å². The minimum absolute atomic E-state index is 0.0464. The Morgan fingerprint density at radius 3 is 2.80 bits per heavy atom. The van der Waals surface area contributed by atoms with E-state index in [9.17, 15) is 4.79 Å². The van der Waals surface area contributed by atoms with E-state index in [1.807, 2.05) is 12.2 Å². The van der Waals surface area contributed by atoms with Gasteiger partial charge in [0.1, 0.15) is 0 Å². The molecule has 0 spiro atoms. The molecule has 0 aliphatic heterocycles. The van der Waals surface area contributed by atoms with Crippen LogP contribution in [0.25, 0.3) is 0 Å². The highest BCUT2D eigenvalue weighted by atomic mass is 16.1. The van der Waals surface area contributed by atoms with Crippen LogP contribution >= 0.6 is 0 Å². The quantitative estimate of drug-likeness (QED) is 0.583. The third-order valence-electron chi connectivity index (χ3n) is 3.22. The first-order chi connectivity index (χ1) is 7.25. The summed E-state index contributed by atoms with van der Waals surface area (Å²) in [5.41, 5.74) is 3.70. The lowest BCUT2D eigenvalue weighted by atomic mass is 9.82. The SMILES string of the molecule is Cc1ccc2c(c1)C1C=CC2C=CC1=O. The van der Waals surface area contributed by atoms with Crippen molar-refractivity contribution in [2.45, 2.75) is 18.8 Å². The summed E-state index contributed by atoms with van der Waals surface area (Å²) < 4.78 is 0. The molecule has 3 aliphatic rings. The van der Waals surface area contributed by atoms with Gasteiger partial charge >= 0.3 is 0 Å². The molecule has 1 aromatic carbocycles. The van der Waals surface area contributed by atoms with E-state index in [4.69, 9.17) is 0 Å². The van der Waals surface area contributed by atoms with Crippen LogP contribution in [0, 0.1) is 6.92 Å². The largest absolute Gasteiger partial charge is 0.294 e. The van der Waals surface area contributed by atoms with Crippen molar-refractivity contribution < 1.29 is 4.79 Å². The number of allylic oxidation sites excluding steroid dienone is 4. The zero-order valence-corrected chi connectivity index (χ0v) is 8.60. The predicted molar refractivity (Wildman–Crippen MR) is 59.9 cm³/mol. The summed E-state index contributed by atoms with van der Waals surface area (Å²) >= 11 is 0. The predicted octanol–water partition coefficient (Wildman–Crippen LogP) is 2.87. The van der Waals surface area contributed by atoms with Crippen molar-refractivity contribution in [3.8, 4) is 0 Å². The van der Waals surface area contributed by atoms with Crippen molar-refractivity contribution in [1.29, 1.82) is 0 Å². The number of hydrogen-bond acceptors (Lipinski definition) is 1. The molecule has 2 unspecified atom stereocenters. The van der Waals surface area contributed by atoms with Gasteiger partial charge in [0.05, 0.1) is 5.92 Å². The van der Waals surface area contributed by atoms with E-state index >= 15 is 0 Å². The zero-order chi connectivity index (χ0) is 10.4. The average Bonchev–Trinajstić information content (AvgIpc) is 2.48. The second-order valence-corrected chi connectivity index (χ2v) is 4.28. The molecule has 0 radical (unpaired) electrons. The fourth-order valence-electron chi connectivity index (χ4n) is 2.42. The Morgan fingerprint density at radius 1 is 1.07 bits per heavy atom. The van der Waals surface area contributed by atoms with Crippen LogP contribution in [-0.4, -0.2) is 5.78 Å². The van der Waals surface area contributed by atoms with Gasteiger partial charge in [0, 0.05) is 5.92 Å². The highest BCUT2D eigenvalue weighted by molar-refractivity contribution is 5.98. The zero-order valence-electron chi connectivity index (χ0n) is 8.60. The summed E-state index contributed by atoms with van der Waals surface area (Å²) in [6.45, 7) is 2.07. The first kappa shape index (κ1) is 8.66. The molecule has 1 nitrogen and oxygen atoms in total. The number of hydrogen-bond donors (Lipinski definition) is 0. The van der Waals surface area contributed by atoms with Crippen LogP contribution in [0.4, 0.5) is 0 Å². The molecule has 1 aromatic rings. The summed E-state index contributed by atoms with van der Waals surface area (Å²) in [6.07, 6.45) is 7.89. The summed E-state index contributed by atoms with van der Waals surface area (Å²) in [4.78, 5) is 11.8. The third kappa shape index (κ3) is 1.19. The molecule has 0 amide bonds. The number of ketones is 1. The molecule has 1 heteroatoms. The Morgan fingerprint density at radius 2 is 1.93 bits per heavy atom. The van der Waals surface area contributed by atoms with Gasteiger partial charge in [-0.3, -0.25) is 4.79 Å². The molecule has 2 bridgehead atoms. The number of benzene rings is 1. The van der Waals surface area contributed by atoms with E-state index < -0.39 is 0 Å². The molecule has 2 atom stereocenters. The number of carbonyl (C=O) groups is 1. The smallest absolute Gasteiger partial charge is 0.166 e. The number of rotatable bonds is 0. The van der Waals surface area contributed by atoms with Crippen molar-refractivity contribution in [3.05, 3.63) is 59.2 Å². The standard InChI is InChI=1S/C14H12O/c1-9-2-5-11-10-3-6-12(13(11)8-9)14(15)7-4-10/h2-8,10,12H,1H3. The maximum Gasteiger partial charge on any atom is 0.166 e. The summed E-state index contributed by atoms with van der Waals surface area (Å²) in [6, 6.07) is 6.40. The number of fused-ring (bicyclic) bond motifs is 1. The van der Waals surface area contributed by atoms with Crippen LogP contribution in [0.1, 0.15) is 28.5 Å². The van der Waals surface area contributed by atoms with E-state index in [0.717, 1.165) is 0 Å².